The molecule has 1 aliphatic heterocycles. The summed E-state index contributed by atoms with van der Waals surface area (Å²) in [5.74, 6) is -1.14. The second-order valence-electron chi connectivity index (χ2n) is 6.21. The van der Waals surface area contributed by atoms with Crippen LogP contribution in [-0.2, 0) is 0 Å². The Kier molecular flexibility index (Phi) is 3.69. The fourth-order valence-electron chi connectivity index (χ4n) is 3.04. The average molecular weight is 328 g/mol. The van der Waals surface area contributed by atoms with Crippen molar-refractivity contribution >= 4 is 16.7 Å². The third-order valence-corrected chi connectivity index (χ3v) is 4.53. The first-order chi connectivity index (χ1) is 11.6. The molecule has 0 amide bonds. The van der Waals surface area contributed by atoms with Crippen LogP contribution in [0.15, 0.2) is 36.4 Å². The molecular formula is C18H18F2N4. The van der Waals surface area contributed by atoms with Gasteiger partial charge in [-0.05, 0) is 31.3 Å². The smallest absolute Gasteiger partial charge is 0.161 e. The molecule has 124 valence electrons. The number of anilines is 1. The number of fused-ring (bicyclic) bond motifs is 1. The van der Waals surface area contributed by atoms with Crippen LogP contribution in [0.4, 0.5) is 14.5 Å². The largest absolute Gasteiger partial charge is 0.369 e. The lowest BCUT2D eigenvalue weighted by Gasteiger charge is -2.34. The molecule has 1 aliphatic rings. The molecule has 0 unspecified atom stereocenters. The maximum atomic E-state index is 13.3. The summed E-state index contributed by atoms with van der Waals surface area (Å²) >= 11 is 0. The molecule has 6 heteroatoms. The number of halogens is 2. The van der Waals surface area contributed by atoms with Gasteiger partial charge in [0.25, 0.3) is 0 Å². The van der Waals surface area contributed by atoms with E-state index in [2.05, 4.69) is 38.9 Å². The van der Waals surface area contributed by atoms with Crippen molar-refractivity contribution in [1.29, 1.82) is 0 Å². The number of benzene rings is 2. The van der Waals surface area contributed by atoms with Crippen LogP contribution in [0.25, 0.3) is 22.4 Å². The molecule has 1 N–H and O–H groups in total. The highest BCUT2D eigenvalue weighted by Crippen LogP contribution is 2.25. The highest BCUT2D eigenvalue weighted by Gasteiger charge is 2.15. The minimum Gasteiger partial charge on any atom is -0.369 e. The van der Waals surface area contributed by atoms with E-state index in [9.17, 15) is 8.78 Å². The highest BCUT2D eigenvalue weighted by atomic mass is 19.2. The Hall–Kier alpha value is -2.47. The second kappa shape index (κ2) is 5.87. The van der Waals surface area contributed by atoms with Crippen LogP contribution in [0.2, 0.25) is 0 Å². The molecule has 0 bridgehead atoms. The van der Waals surface area contributed by atoms with Gasteiger partial charge in [0.1, 0.15) is 5.82 Å². The van der Waals surface area contributed by atoms with Crippen molar-refractivity contribution in [3.63, 3.8) is 0 Å². The molecule has 1 fully saturated rings. The maximum Gasteiger partial charge on any atom is 0.161 e. The number of nitrogens with one attached hydrogen (secondary N) is 1. The van der Waals surface area contributed by atoms with E-state index in [4.69, 9.17) is 0 Å². The lowest BCUT2D eigenvalue weighted by Crippen LogP contribution is -2.44. The fraction of sp³-hybridized carbons (Fsp3) is 0.278. The Balaban J connectivity index is 1.60. The van der Waals surface area contributed by atoms with Crippen molar-refractivity contribution in [1.82, 2.24) is 14.9 Å². The standard InChI is InChI=1S/C18H18F2N4/c1-23-6-8-24(9-7-23)13-4-2-12(3-5-13)18-21-16-10-14(19)15(20)11-17(16)22-18/h2-5,10-11H,6-9H2,1H3,(H,21,22). The van der Waals surface area contributed by atoms with Gasteiger partial charge in [0, 0.05) is 49.6 Å². The molecule has 4 nitrogen and oxygen atoms in total. The van der Waals surface area contributed by atoms with Crippen molar-refractivity contribution in [3.8, 4) is 11.4 Å². The van der Waals surface area contributed by atoms with E-state index in [0.717, 1.165) is 43.9 Å². The summed E-state index contributed by atoms with van der Waals surface area (Å²) in [6, 6.07) is 10.4. The third kappa shape index (κ3) is 2.73. The van der Waals surface area contributed by atoms with E-state index in [-0.39, 0.29) is 0 Å². The summed E-state index contributed by atoms with van der Waals surface area (Å²) in [4.78, 5) is 12.1. The van der Waals surface area contributed by atoms with Crippen LogP contribution in [0.5, 0.6) is 0 Å². The Morgan fingerprint density at radius 1 is 0.958 bits per heavy atom. The zero-order valence-corrected chi connectivity index (χ0v) is 13.4. The van der Waals surface area contributed by atoms with Crippen LogP contribution in [-0.4, -0.2) is 48.1 Å². The summed E-state index contributed by atoms with van der Waals surface area (Å²) in [7, 11) is 2.13. The number of imidazole rings is 1. The number of rotatable bonds is 2. The Bertz CT molecular complexity index is 826. The number of H-pyrrole nitrogens is 1. The maximum absolute atomic E-state index is 13.3. The Morgan fingerprint density at radius 2 is 1.62 bits per heavy atom. The van der Waals surface area contributed by atoms with Gasteiger partial charge in [-0.3, -0.25) is 0 Å². The van der Waals surface area contributed by atoms with Gasteiger partial charge in [-0.1, -0.05) is 0 Å². The summed E-state index contributed by atoms with van der Waals surface area (Å²) in [5.41, 5.74) is 2.99. The molecule has 4 rings (SSSR count). The summed E-state index contributed by atoms with van der Waals surface area (Å²) in [6.07, 6.45) is 0. The molecule has 24 heavy (non-hydrogen) atoms. The van der Waals surface area contributed by atoms with Gasteiger partial charge < -0.3 is 14.8 Å². The molecule has 1 aromatic heterocycles. The van der Waals surface area contributed by atoms with Gasteiger partial charge >= 0.3 is 0 Å². The number of hydrogen-bond acceptors (Lipinski definition) is 3. The lowest BCUT2D eigenvalue weighted by atomic mass is 10.1. The quantitative estimate of drug-likeness (QED) is 0.784. The summed E-state index contributed by atoms with van der Waals surface area (Å²) in [6.45, 7) is 4.14. The molecule has 1 saturated heterocycles. The first-order valence-corrected chi connectivity index (χ1v) is 7.99. The van der Waals surface area contributed by atoms with Crippen molar-refractivity contribution in [2.45, 2.75) is 0 Å². The van der Waals surface area contributed by atoms with Crippen molar-refractivity contribution in [2.75, 3.05) is 38.1 Å². The molecule has 0 aliphatic carbocycles. The van der Waals surface area contributed by atoms with Gasteiger partial charge in [-0.15, -0.1) is 0 Å². The van der Waals surface area contributed by atoms with Crippen LogP contribution in [0.1, 0.15) is 0 Å². The SMILES string of the molecule is CN1CCN(c2ccc(-c3nc4cc(F)c(F)cc4[nH]3)cc2)CC1. The first-order valence-electron chi connectivity index (χ1n) is 7.99. The molecule has 0 radical (unpaired) electrons. The number of piperazine rings is 1. The van der Waals surface area contributed by atoms with E-state index in [1.54, 1.807) is 0 Å². The number of likely N-dealkylation sites (N-methyl/N-ethyl adjacent to an activating group) is 1. The number of aromatic nitrogens is 2. The predicted molar refractivity (Wildman–Crippen MR) is 91.2 cm³/mol. The van der Waals surface area contributed by atoms with Gasteiger partial charge in [0.2, 0.25) is 0 Å². The van der Waals surface area contributed by atoms with E-state index in [1.807, 2.05) is 12.1 Å². The van der Waals surface area contributed by atoms with E-state index >= 15 is 0 Å². The minimum absolute atomic E-state index is 0.423. The van der Waals surface area contributed by atoms with E-state index in [1.165, 1.54) is 5.69 Å². The van der Waals surface area contributed by atoms with Gasteiger partial charge in [-0.2, -0.15) is 0 Å². The number of nitrogens with zero attached hydrogens (tertiary/aromatic N) is 3. The fourth-order valence-corrected chi connectivity index (χ4v) is 3.04. The summed E-state index contributed by atoms with van der Waals surface area (Å²) in [5, 5.41) is 0. The first kappa shape index (κ1) is 15.1. The van der Waals surface area contributed by atoms with Gasteiger partial charge in [0.05, 0.1) is 11.0 Å². The topological polar surface area (TPSA) is 35.2 Å². The van der Waals surface area contributed by atoms with Crippen LogP contribution in [0, 0.1) is 11.6 Å². The van der Waals surface area contributed by atoms with E-state index < -0.39 is 11.6 Å². The van der Waals surface area contributed by atoms with Crippen LogP contribution >= 0.6 is 0 Å². The molecule has 0 saturated carbocycles. The normalized spacial score (nSPS) is 16.0. The predicted octanol–water partition coefficient (Wildman–Crippen LogP) is 3.26. The van der Waals surface area contributed by atoms with Crippen molar-refractivity contribution in [3.05, 3.63) is 48.0 Å². The number of aromatic amines is 1. The molecule has 2 aromatic carbocycles. The Labute approximate surface area is 138 Å². The van der Waals surface area contributed by atoms with E-state index in [0.29, 0.717) is 16.9 Å². The number of hydrogen-bond donors (Lipinski definition) is 1. The highest BCUT2D eigenvalue weighted by molar-refractivity contribution is 5.79. The van der Waals surface area contributed by atoms with Crippen LogP contribution < -0.4 is 4.90 Å². The second-order valence-corrected chi connectivity index (χ2v) is 6.21. The van der Waals surface area contributed by atoms with Crippen molar-refractivity contribution < 1.29 is 8.78 Å². The molecular weight excluding hydrogens is 310 g/mol. The molecule has 0 spiro atoms. The van der Waals surface area contributed by atoms with Gasteiger partial charge in [0.15, 0.2) is 11.6 Å². The zero-order valence-electron chi connectivity index (χ0n) is 13.4. The Morgan fingerprint density at radius 3 is 2.33 bits per heavy atom. The summed E-state index contributed by atoms with van der Waals surface area (Å²) < 4.78 is 26.6. The molecule has 2 heterocycles. The monoisotopic (exact) mass is 328 g/mol. The third-order valence-electron chi connectivity index (χ3n) is 4.53. The van der Waals surface area contributed by atoms with Gasteiger partial charge in [-0.25, -0.2) is 13.8 Å². The molecule has 0 atom stereocenters. The minimum atomic E-state index is -0.883. The van der Waals surface area contributed by atoms with Crippen molar-refractivity contribution in [2.24, 2.45) is 0 Å². The average Bonchev–Trinajstić information content (AvgIpc) is 2.99. The lowest BCUT2D eigenvalue weighted by molar-refractivity contribution is 0.313. The zero-order chi connectivity index (χ0) is 16.7. The molecule has 3 aromatic rings. The van der Waals surface area contributed by atoms with Crippen LogP contribution in [0.3, 0.4) is 0 Å².